The fourth-order valence-corrected chi connectivity index (χ4v) is 11.7. The summed E-state index contributed by atoms with van der Waals surface area (Å²) in [6.07, 6.45) is 24.5. The van der Waals surface area contributed by atoms with Crippen LogP contribution < -0.4 is 16.2 Å². The third-order valence-electron chi connectivity index (χ3n) is 14.9. The molecule has 6 aromatic heterocycles. The van der Waals surface area contributed by atoms with Crippen molar-refractivity contribution < 1.29 is 19.8 Å². The summed E-state index contributed by atoms with van der Waals surface area (Å²) < 4.78 is 7.69. The minimum atomic E-state index is -0.803. The second-order valence-corrected chi connectivity index (χ2v) is 18.8. The summed E-state index contributed by atoms with van der Waals surface area (Å²) in [5.74, 6) is -1.78. The summed E-state index contributed by atoms with van der Waals surface area (Å²) in [7, 11) is 0. The number of hydrogen-bond acceptors (Lipinski definition) is 10. The molecule has 63 heavy (non-hydrogen) atoms. The van der Waals surface area contributed by atoms with Gasteiger partial charge >= 0.3 is 0 Å². The van der Waals surface area contributed by atoms with Crippen LogP contribution in [0.2, 0.25) is 0 Å². The summed E-state index contributed by atoms with van der Waals surface area (Å²) in [6, 6.07) is 8.38. The monoisotopic (exact) mass is 853 g/mol. The highest BCUT2D eigenvalue weighted by molar-refractivity contribution is 5.94. The Morgan fingerprint density at radius 2 is 1.32 bits per heavy atom. The molecule has 15 heteroatoms. The molecule has 0 radical (unpaired) electrons. The van der Waals surface area contributed by atoms with Gasteiger partial charge in [-0.2, -0.15) is 10.2 Å². The molecule has 10 bridgehead atoms. The first-order chi connectivity index (χ1) is 30.6. The standard InChI is InChI=1S/C48H55N9O6/c58-37-14-13-31(10-7-11-34-26-57(45-35(34)12-8-22-49-45)47(18-4-5-19-47)29-54-27-38(59)42(61)40(37)52-54)33-15-20-48(25-33)30-55-28-39(60)43(62)41(53-55)46(63)51-21-6-2-1-3-9-32-16-23-50-44-36(32)17-24-56(44)48/h8,12,16-17,22-24,26-28,31,33,59-60H,1-7,9-11,13-15,18-21,25,29-30H2,(H,51,63). The molecule has 1 amide bonds. The molecule has 3 N–H and O–H groups in total. The van der Waals surface area contributed by atoms with Gasteiger partial charge < -0.3 is 24.7 Å². The van der Waals surface area contributed by atoms with Gasteiger partial charge in [-0.05, 0) is 124 Å². The van der Waals surface area contributed by atoms with Crippen molar-refractivity contribution in [1.29, 1.82) is 0 Å². The van der Waals surface area contributed by atoms with E-state index in [4.69, 9.17) is 9.97 Å². The molecule has 0 aromatic carbocycles. The third kappa shape index (κ3) is 7.52. The summed E-state index contributed by atoms with van der Waals surface area (Å²) in [5, 5.41) is 36.1. The molecule has 2 aliphatic heterocycles. The van der Waals surface area contributed by atoms with Crippen molar-refractivity contribution in [3.05, 3.63) is 104 Å². The number of ketones is 1. The third-order valence-corrected chi connectivity index (χ3v) is 14.9. The molecular weight excluding hydrogens is 799 g/mol. The maximum absolute atomic E-state index is 14.1. The molecule has 2 spiro atoms. The van der Waals surface area contributed by atoms with Crippen molar-refractivity contribution in [2.24, 2.45) is 11.8 Å². The summed E-state index contributed by atoms with van der Waals surface area (Å²) in [4.78, 5) is 63.8. The number of carbonyl (C=O) groups excluding carboxylic acids is 2. The number of carbonyl (C=O) groups is 2. The quantitative estimate of drug-likeness (QED) is 0.164. The largest absolute Gasteiger partial charge is 0.503 e. The Labute approximate surface area is 364 Å². The molecule has 2 saturated carbocycles. The van der Waals surface area contributed by atoms with E-state index < -0.39 is 33.8 Å². The lowest BCUT2D eigenvalue weighted by Crippen LogP contribution is -2.38. The Morgan fingerprint density at radius 1 is 0.619 bits per heavy atom. The van der Waals surface area contributed by atoms with E-state index in [1.54, 1.807) is 9.36 Å². The number of amides is 1. The predicted octanol–water partition coefficient (Wildman–Crippen LogP) is 6.54. The van der Waals surface area contributed by atoms with Crippen LogP contribution in [0, 0.1) is 11.8 Å². The molecule has 10 rings (SSSR count). The number of rotatable bonds is 1. The highest BCUT2D eigenvalue weighted by Gasteiger charge is 2.45. The maximum atomic E-state index is 14.1. The van der Waals surface area contributed by atoms with E-state index in [-0.39, 0.29) is 47.5 Å². The van der Waals surface area contributed by atoms with Crippen LogP contribution in [-0.4, -0.2) is 67.1 Å². The molecule has 0 saturated heterocycles. The SMILES string of the molecule is O=C1CCC(C2CCC3(C2)Cn2cc(O)c(=O)c(n2)C(=O)NCCCCCCc2ccnc4c2ccn43)CCCc2cn(c3ncccc23)C2(CCCC2)Cn2cc(O)c(=O)c1n2. The van der Waals surface area contributed by atoms with Crippen LogP contribution in [-0.2, 0) is 37.0 Å². The number of pyridine rings is 2. The molecule has 328 valence electrons. The van der Waals surface area contributed by atoms with Gasteiger partial charge in [-0.15, -0.1) is 0 Å². The molecule has 4 aliphatic rings. The summed E-state index contributed by atoms with van der Waals surface area (Å²) >= 11 is 0. The normalized spacial score (nSPS) is 23.6. The van der Waals surface area contributed by atoms with Gasteiger partial charge in [-0.3, -0.25) is 28.5 Å². The van der Waals surface area contributed by atoms with Gasteiger partial charge in [-0.1, -0.05) is 25.7 Å². The average Bonchev–Trinajstić information content (AvgIpc) is 4.10. The lowest BCUT2D eigenvalue weighted by molar-refractivity contribution is 0.0936. The predicted molar refractivity (Wildman–Crippen MR) is 236 cm³/mol. The summed E-state index contributed by atoms with van der Waals surface area (Å²) in [6.45, 7) is 1.07. The summed E-state index contributed by atoms with van der Waals surface area (Å²) in [5.41, 5.74) is 1.11. The van der Waals surface area contributed by atoms with Crippen LogP contribution in [0.1, 0.15) is 128 Å². The van der Waals surface area contributed by atoms with Crippen molar-refractivity contribution in [3.63, 3.8) is 0 Å². The van der Waals surface area contributed by atoms with Gasteiger partial charge in [0.05, 0.1) is 36.6 Å². The number of hydrogen-bond donors (Lipinski definition) is 3. The van der Waals surface area contributed by atoms with Gasteiger partial charge in [0, 0.05) is 48.5 Å². The van der Waals surface area contributed by atoms with Gasteiger partial charge in [-0.25, -0.2) is 9.97 Å². The van der Waals surface area contributed by atoms with E-state index in [1.165, 1.54) is 23.5 Å². The topological polar surface area (TPSA) is 192 Å². The maximum Gasteiger partial charge on any atom is 0.275 e. The Hall–Kier alpha value is -6.12. The molecule has 6 aromatic rings. The first-order valence-corrected chi connectivity index (χ1v) is 23.0. The van der Waals surface area contributed by atoms with E-state index in [0.717, 1.165) is 106 Å². The number of Topliss-reactive ketones (excluding diaryl/α,β-unsaturated/α-hetero) is 1. The Morgan fingerprint density at radius 3 is 2.14 bits per heavy atom. The van der Waals surface area contributed by atoms with Crippen LogP contribution >= 0.6 is 0 Å². The van der Waals surface area contributed by atoms with Crippen molar-refractivity contribution in [1.82, 2.24) is 44.0 Å². The van der Waals surface area contributed by atoms with Crippen LogP contribution in [0.25, 0.3) is 22.1 Å². The highest BCUT2D eigenvalue weighted by atomic mass is 16.3. The Balaban J connectivity index is 1.04. The number of aromatic hydroxyl groups is 2. The van der Waals surface area contributed by atoms with Crippen molar-refractivity contribution >= 4 is 33.8 Å². The van der Waals surface area contributed by atoms with E-state index in [9.17, 15) is 29.4 Å². The fourth-order valence-electron chi connectivity index (χ4n) is 11.7. The average molecular weight is 854 g/mol. The zero-order valence-electron chi connectivity index (χ0n) is 35.7. The molecule has 2 fully saturated rings. The van der Waals surface area contributed by atoms with Crippen LogP contribution in [0.15, 0.2) is 71.0 Å². The molecule has 3 unspecified atom stereocenters. The number of nitrogens with one attached hydrogen (secondary N) is 1. The molecule has 3 atom stereocenters. The Kier molecular flexibility index (Phi) is 10.7. The first-order valence-electron chi connectivity index (χ1n) is 23.0. The molecular formula is C48H55N9O6. The number of aromatic nitrogens is 8. The minimum absolute atomic E-state index is 0.0804. The second-order valence-electron chi connectivity index (χ2n) is 18.8. The van der Waals surface area contributed by atoms with E-state index >= 15 is 0 Å². The molecule has 15 nitrogen and oxygen atoms in total. The van der Waals surface area contributed by atoms with Gasteiger partial charge in [0.25, 0.3) is 16.8 Å². The number of aryl methyl sites for hydroxylation is 2. The van der Waals surface area contributed by atoms with Crippen molar-refractivity contribution in [3.8, 4) is 11.5 Å². The zero-order valence-corrected chi connectivity index (χ0v) is 35.7. The molecule has 2 aliphatic carbocycles. The van der Waals surface area contributed by atoms with Crippen molar-refractivity contribution in [2.45, 2.75) is 133 Å². The fraction of sp³-hybridized carbons (Fsp3) is 0.500. The lowest BCUT2D eigenvalue weighted by Gasteiger charge is -2.34. The van der Waals surface area contributed by atoms with E-state index in [0.29, 0.717) is 32.4 Å². The lowest BCUT2D eigenvalue weighted by atomic mass is 9.81. The van der Waals surface area contributed by atoms with E-state index in [2.05, 4.69) is 55.2 Å². The minimum Gasteiger partial charge on any atom is -0.503 e. The Bertz CT molecular complexity index is 2850. The van der Waals surface area contributed by atoms with Crippen LogP contribution in [0.5, 0.6) is 11.5 Å². The van der Waals surface area contributed by atoms with Crippen LogP contribution in [0.4, 0.5) is 0 Å². The number of nitrogens with zero attached hydrogens (tertiary/aromatic N) is 8. The van der Waals surface area contributed by atoms with Gasteiger partial charge in [0.15, 0.2) is 28.7 Å². The second kappa shape index (κ2) is 16.5. The zero-order chi connectivity index (χ0) is 43.3. The van der Waals surface area contributed by atoms with Gasteiger partial charge in [0.1, 0.15) is 11.3 Å². The molecule has 8 heterocycles. The first kappa shape index (κ1) is 40.9. The highest BCUT2D eigenvalue weighted by Crippen LogP contribution is 2.49. The van der Waals surface area contributed by atoms with Crippen molar-refractivity contribution in [2.75, 3.05) is 6.54 Å². The van der Waals surface area contributed by atoms with Crippen LogP contribution in [0.3, 0.4) is 0 Å². The van der Waals surface area contributed by atoms with Gasteiger partial charge in [0.2, 0.25) is 0 Å². The van der Waals surface area contributed by atoms with E-state index in [1.807, 2.05) is 18.5 Å². The smallest absolute Gasteiger partial charge is 0.275 e. The number of fused-ring (bicyclic) bond motifs is 11.